The average molecular weight is 463 g/mol. The van der Waals surface area contributed by atoms with Crippen molar-refractivity contribution in [2.75, 3.05) is 44.3 Å². The molecule has 9 nitrogen and oxygen atoms in total. The molecule has 0 aliphatic carbocycles. The molecule has 2 amide bonds. The van der Waals surface area contributed by atoms with E-state index in [4.69, 9.17) is 9.26 Å². The van der Waals surface area contributed by atoms with Gasteiger partial charge in [-0.1, -0.05) is 31.2 Å². The van der Waals surface area contributed by atoms with Crippen LogP contribution in [0.4, 0.5) is 4.79 Å². The summed E-state index contributed by atoms with van der Waals surface area (Å²) >= 11 is 0. The van der Waals surface area contributed by atoms with Crippen LogP contribution in [0.1, 0.15) is 49.1 Å². The van der Waals surface area contributed by atoms with E-state index >= 15 is 0 Å². The van der Waals surface area contributed by atoms with Crippen LogP contribution in [0.3, 0.4) is 0 Å². The molecule has 2 unspecified atom stereocenters. The molecule has 3 heterocycles. The van der Waals surface area contributed by atoms with Crippen LogP contribution < -0.4 is 4.74 Å². The summed E-state index contributed by atoms with van der Waals surface area (Å²) in [6, 6.07) is 8.57. The SMILES string of the molecule is CCOc1noc(C2CC(c3ccc(CC)cc3)CN(C(=O)N3CCS(=O)(=O)CC3)C2)n1. The Balaban J connectivity index is 1.56. The van der Waals surface area contributed by atoms with Gasteiger partial charge < -0.3 is 19.1 Å². The van der Waals surface area contributed by atoms with Crippen molar-refractivity contribution in [1.29, 1.82) is 0 Å². The Morgan fingerprint density at radius 2 is 1.78 bits per heavy atom. The number of hydrogen-bond acceptors (Lipinski definition) is 7. The van der Waals surface area contributed by atoms with Crippen molar-refractivity contribution in [2.24, 2.45) is 0 Å². The van der Waals surface area contributed by atoms with Gasteiger partial charge in [-0.05, 0) is 36.0 Å². The van der Waals surface area contributed by atoms with Crippen molar-refractivity contribution >= 4 is 15.9 Å². The van der Waals surface area contributed by atoms with Gasteiger partial charge in [-0.15, -0.1) is 0 Å². The molecule has 0 N–H and O–H groups in total. The predicted octanol–water partition coefficient (Wildman–Crippen LogP) is 2.45. The number of sulfone groups is 1. The molecule has 2 saturated heterocycles. The summed E-state index contributed by atoms with van der Waals surface area (Å²) in [7, 11) is -3.06. The molecule has 2 atom stereocenters. The number of urea groups is 1. The van der Waals surface area contributed by atoms with E-state index in [1.807, 2.05) is 6.92 Å². The fraction of sp³-hybridized carbons (Fsp3) is 0.591. The van der Waals surface area contributed by atoms with Crippen molar-refractivity contribution in [2.45, 2.75) is 38.5 Å². The number of rotatable bonds is 5. The van der Waals surface area contributed by atoms with E-state index in [1.54, 1.807) is 9.80 Å². The van der Waals surface area contributed by atoms with Crippen LogP contribution in [0.15, 0.2) is 28.8 Å². The normalized spacial score (nSPS) is 23.2. The zero-order valence-electron chi connectivity index (χ0n) is 18.6. The molecule has 2 aromatic rings. The van der Waals surface area contributed by atoms with Crippen LogP contribution in [0, 0.1) is 0 Å². The number of piperidine rings is 1. The Bertz CT molecular complexity index is 1020. The molecule has 0 spiro atoms. The molecule has 4 rings (SSSR count). The summed E-state index contributed by atoms with van der Waals surface area (Å²) in [4.78, 5) is 21.1. The number of aryl methyl sites for hydroxylation is 1. The molecule has 1 aromatic carbocycles. The van der Waals surface area contributed by atoms with E-state index in [0.717, 1.165) is 18.4 Å². The van der Waals surface area contributed by atoms with Gasteiger partial charge in [-0.2, -0.15) is 4.98 Å². The van der Waals surface area contributed by atoms with Crippen molar-refractivity contribution in [3.05, 3.63) is 41.3 Å². The summed E-state index contributed by atoms with van der Waals surface area (Å²) in [6.07, 6.45) is 1.75. The second-order valence-corrected chi connectivity index (χ2v) is 10.7. The third-order valence-corrected chi connectivity index (χ3v) is 7.85. The van der Waals surface area contributed by atoms with Crippen LogP contribution in [-0.4, -0.2) is 78.7 Å². The number of likely N-dealkylation sites (tertiary alicyclic amines) is 1. The largest absolute Gasteiger partial charge is 0.462 e. The quantitative estimate of drug-likeness (QED) is 0.672. The first-order valence-electron chi connectivity index (χ1n) is 11.2. The highest BCUT2D eigenvalue weighted by molar-refractivity contribution is 7.91. The van der Waals surface area contributed by atoms with E-state index in [1.165, 1.54) is 5.56 Å². The molecule has 174 valence electrons. The lowest BCUT2D eigenvalue weighted by Crippen LogP contribution is -2.53. The minimum absolute atomic E-state index is 0.0132. The highest BCUT2D eigenvalue weighted by Crippen LogP contribution is 2.36. The molecule has 2 aliphatic rings. The summed E-state index contributed by atoms with van der Waals surface area (Å²) in [5, 5.41) is 3.89. The number of ether oxygens (including phenoxy) is 1. The fourth-order valence-corrected chi connectivity index (χ4v) is 5.58. The fourth-order valence-electron chi connectivity index (χ4n) is 4.38. The number of aromatic nitrogens is 2. The minimum Gasteiger partial charge on any atom is -0.462 e. The highest BCUT2D eigenvalue weighted by atomic mass is 32.2. The van der Waals surface area contributed by atoms with Crippen LogP contribution in [0.25, 0.3) is 0 Å². The van der Waals surface area contributed by atoms with Gasteiger partial charge in [0.2, 0.25) is 5.89 Å². The topological polar surface area (TPSA) is 106 Å². The van der Waals surface area contributed by atoms with Crippen LogP contribution in [-0.2, 0) is 16.3 Å². The summed E-state index contributed by atoms with van der Waals surface area (Å²) in [5.41, 5.74) is 2.43. The average Bonchev–Trinajstić information content (AvgIpc) is 3.27. The monoisotopic (exact) mass is 462 g/mol. The minimum atomic E-state index is -3.06. The number of carbonyl (C=O) groups excluding carboxylic acids is 1. The Hall–Kier alpha value is -2.62. The molecule has 0 saturated carbocycles. The van der Waals surface area contributed by atoms with E-state index in [2.05, 4.69) is 41.3 Å². The third kappa shape index (κ3) is 5.06. The number of amides is 2. The van der Waals surface area contributed by atoms with Gasteiger partial charge in [0.25, 0.3) is 0 Å². The summed E-state index contributed by atoms with van der Waals surface area (Å²) < 4.78 is 34.4. The second kappa shape index (κ2) is 9.48. The number of hydrogen-bond donors (Lipinski definition) is 0. The van der Waals surface area contributed by atoms with E-state index < -0.39 is 9.84 Å². The summed E-state index contributed by atoms with van der Waals surface area (Å²) in [6.45, 7) is 5.89. The first kappa shape index (κ1) is 22.6. The first-order valence-corrected chi connectivity index (χ1v) is 13.0. The molecular formula is C22H30N4O5S. The maximum absolute atomic E-state index is 13.3. The molecule has 0 bridgehead atoms. The number of carbonyl (C=O) groups is 1. The number of nitrogens with zero attached hydrogens (tertiary/aromatic N) is 4. The highest BCUT2D eigenvalue weighted by Gasteiger charge is 2.37. The van der Waals surface area contributed by atoms with Crippen molar-refractivity contribution in [1.82, 2.24) is 19.9 Å². The first-order chi connectivity index (χ1) is 15.4. The lowest BCUT2D eigenvalue weighted by molar-refractivity contribution is 0.130. The zero-order valence-corrected chi connectivity index (χ0v) is 19.4. The lowest BCUT2D eigenvalue weighted by atomic mass is 9.84. The zero-order chi connectivity index (χ0) is 22.7. The molecular weight excluding hydrogens is 432 g/mol. The lowest BCUT2D eigenvalue weighted by Gasteiger charge is -2.40. The van der Waals surface area contributed by atoms with Crippen molar-refractivity contribution < 1.29 is 22.5 Å². The molecule has 2 aliphatic heterocycles. The Morgan fingerprint density at radius 1 is 1.09 bits per heavy atom. The molecule has 2 fully saturated rings. The van der Waals surface area contributed by atoms with Gasteiger partial charge in [-0.25, -0.2) is 13.2 Å². The predicted molar refractivity (Wildman–Crippen MR) is 119 cm³/mol. The smallest absolute Gasteiger partial charge is 0.354 e. The maximum atomic E-state index is 13.3. The third-order valence-electron chi connectivity index (χ3n) is 6.24. The van der Waals surface area contributed by atoms with E-state index in [-0.39, 0.29) is 48.5 Å². The van der Waals surface area contributed by atoms with Crippen LogP contribution in [0.2, 0.25) is 0 Å². The van der Waals surface area contributed by atoms with Gasteiger partial charge >= 0.3 is 12.0 Å². The Morgan fingerprint density at radius 3 is 2.44 bits per heavy atom. The van der Waals surface area contributed by atoms with Gasteiger partial charge in [0.05, 0.1) is 24.0 Å². The van der Waals surface area contributed by atoms with Gasteiger partial charge in [-0.3, -0.25) is 0 Å². The summed E-state index contributed by atoms with van der Waals surface area (Å²) in [5.74, 6) is 0.471. The molecule has 0 radical (unpaired) electrons. The maximum Gasteiger partial charge on any atom is 0.354 e. The Kier molecular flexibility index (Phi) is 6.68. The second-order valence-electron chi connectivity index (χ2n) is 8.40. The van der Waals surface area contributed by atoms with Gasteiger partial charge in [0.1, 0.15) is 0 Å². The standard InChI is InChI=1S/C22H30N4O5S/c1-3-16-5-7-17(8-6-16)18-13-19(20-23-21(24-31-20)30-4-2)15-26(14-18)22(27)25-9-11-32(28,29)12-10-25/h5-8,18-19H,3-4,9-15H2,1-2H3. The number of benzene rings is 1. The van der Waals surface area contributed by atoms with Crippen molar-refractivity contribution in [3.63, 3.8) is 0 Å². The Labute approximate surface area is 188 Å². The van der Waals surface area contributed by atoms with Gasteiger partial charge in [0.15, 0.2) is 9.84 Å². The van der Waals surface area contributed by atoms with Gasteiger partial charge in [0, 0.05) is 32.1 Å². The van der Waals surface area contributed by atoms with Crippen LogP contribution in [0.5, 0.6) is 6.01 Å². The molecule has 32 heavy (non-hydrogen) atoms. The van der Waals surface area contributed by atoms with E-state index in [9.17, 15) is 13.2 Å². The van der Waals surface area contributed by atoms with Crippen molar-refractivity contribution in [3.8, 4) is 6.01 Å². The molecule has 1 aromatic heterocycles. The van der Waals surface area contributed by atoms with E-state index in [0.29, 0.717) is 25.6 Å². The molecule has 10 heteroatoms. The van der Waals surface area contributed by atoms with Crippen LogP contribution >= 0.6 is 0 Å².